The number of carboxylic acids is 1. The third-order valence-corrected chi connectivity index (χ3v) is 8.85. The minimum absolute atomic E-state index is 0.118. The summed E-state index contributed by atoms with van der Waals surface area (Å²) in [5, 5.41) is 19.0. The number of carboxylic acid groups (broad SMARTS) is 1. The van der Waals surface area contributed by atoms with Crippen molar-refractivity contribution in [3.63, 3.8) is 0 Å². The molecule has 3 aromatic rings. The highest BCUT2D eigenvalue weighted by Gasteiger charge is 2.32. The van der Waals surface area contributed by atoms with Crippen molar-refractivity contribution in [2.45, 2.75) is 46.1 Å². The van der Waals surface area contributed by atoms with E-state index in [2.05, 4.69) is 41.1 Å². The highest BCUT2D eigenvalue weighted by molar-refractivity contribution is 7.18. The molecule has 2 aliphatic rings. The van der Waals surface area contributed by atoms with E-state index in [4.69, 9.17) is 11.6 Å². The number of aromatic nitrogens is 2. The average molecular weight is 557 g/mol. The van der Waals surface area contributed by atoms with Crippen LogP contribution in [0.1, 0.15) is 52.7 Å². The molecular weight excluding hydrogens is 527 g/mol. The van der Waals surface area contributed by atoms with Gasteiger partial charge in [0.25, 0.3) is 5.91 Å². The average Bonchev–Trinajstić information content (AvgIpc) is 3.59. The van der Waals surface area contributed by atoms with Crippen LogP contribution < -0.4 is 4.90 Å². The predicted octanol–water partition coefficient (Wildman–Crippen LogP) is 5.97. The van der Waals surface area contributed by atoms with E-state index in [1.807, 2.05) is 0 Å². The van der Waals surface area contributed by atoms with Crippen molar-refractivity contribution in [1.82, 2.24) is 15.1 Å². The summed E-state index contributed by atoms with van der Waals surface area (Å²) in [4.78, 5) is 28.6. The zero-order valence-electron chi connectivity index (χ0n) is 21.4. The fourth-order valence-electron chi connectivity index (χ4n) is 4.99. The molecule has 1 aromatic heterocycles. The van der Waals surface area contributed by atoms with Crippen LogP contribution in [0.4, 0.5) is 9.52 Å². The van der Waals surface area contributed by atoms with Gasteiger partial charge in [-0.3, -0.25) is 19.4 Å². The number of nitrogens with zero attached hydrogens (tertiary/aromatic N) is 4. The number of likely N-dealkylation sites (tertiary alicyclic amines) is 1. The van der Waals surface area contributed by atoms with Gasteiger partial charge in [-0.05, 0) is 99.5 Å². The Morgan fingerprint density at radius 2 is 1.82 bits per heavy atom. The lowest BCUT2D eigenvalue weighted by molar-refractivity contribution is -0.143. The number of amides is 1. The minimum atomic E-state index is -0.700. The van der Waals surface area contributed by atoms with Crippen molar-refractivity contribution < 1.29 is 19.1 Å². The molecule has 0 radical (unpaired) electrons. The van der Waals surface area contributed by atoms with Crippen LogP contribution in [-0.4, -0.2) is 51.7 Å². The highest BCUT2D eigenvalue weighted by Crippen LogP contribution is 2.37. The number of carbonyl (C=O) groups is 2. The first-order valence-electron chi connectivity index (χ1n) is 12.9. The molecule has 5 rings (SSSR count). The highest BCUT2D eigenvalue weighted by atomic mass is 35.5. The molecule has 200 valence electrons. The van der Waals surface area contributed by atoms with Gasteiger partial charge in [-0.15, -0.1) is 10.2 Å². The van der Waals surface area contributed by atoms with Gasteiger partial charge in [0, 0.05) is 18.7 Å². The van der Waals surface area contributed by atoms with Crippen LogP contribution in [0.5, 0.6) is 0 Å². The quantitative estimate of drug-likeness (QED) is 0.368. The monoisotopic (exact) mass is 556 g/mol. The number of anilines is 1. The van der Waals surface area contributed by atoms with Crippen LogP contribution in [0.25, 0.3) is 10.6 Å². The van der Waals surface area contributed by atoms with E-state index in [-0.39, 0.29) is 22.4 Å². The van der Waals surface area contributed by atoms with Crippen LogP contribution >= 0.6 is 22.9 Å². The number of hydrogen-bond acceptors (Lipinski definition) is 6. The summed E-state index contributed by atoms with van der Waals surface area (Å²) in [6.45, 7) is 6.98. The molecule has 2 heterocycles. The van der Waals surface area contributed by atoms with Gasteiger partial charge in [0.2, 0.25) is 5.13 Å². The zero-order valence-corrected chi connectivity index (χ0v) is 23.0. The largest absolute Gasteiger partial charge is 0.481 e. The van der Waals surface area contributed by atoms with Crippen LogP contribution in [-0.2, 0) is 11.3 Å². The van der Waals surface area contributed by atoms with Crippen LogP contribution in [0.15, 0.2) is 30.3 Å². The lowest BCUT2D eigenvalue weighted by Crippen LogP contribution is -2.36. The molecule has 0 atom stereocenters. The molecule has 2 aromatic carbocycles. The van der Waals surface area contributed by atoms with Gasteiger partial charge in [0.1, 0.15) is 10.8 Å². The molecule has 1 saturated heterocycles. The van der Waals surface area contributed by atoms with E-state index in [0.717, 1.165) is 49.2 Å². The topological polar surface area (TPSA) is 86.6 Å². The molecule has 38 heavy (non-hydrogen) atoms. The summed E-state index contributed by atoms with van der Waals surface area (Å²) in [7, 11) is 0. The number of hydrogen-bond donors (Lipinski definition) is 1. The Kier molecular flexibility index (Phi) is 7.79. The molecule has 10 heteroatoms. The van der Waals surface area contributed by atoms with Gasteiger partial charge in [0.15, 0.2) is 0 Å². The van der Waals surface area contributed by atoms with E-state index in [9.17, 15) is 19.1 Å². The number of aryl methyl sites for hydroxylation is 2. The van der Waals surface area contributed by atoms with Crippen molar-refractivity contribution in [1.29, 1.82) is 0 Å². The fraction of sp³-hybridized carbons (Fsp3) is 0.429. The molecule has 1 saturated carbocycles. The molecule has 1 N–H and O–H groups in total. The second kappa shape index (κ2) is 11.1. The first-order chi connectivity index (χ1) is 18.2. The van der Waals surface area contributed by atoms with Gasteiger partial charge >= 0.3 is 5.97 Å². The standard InChI is InChI=1S/C28H30ClFN4O3S/c1-16-12-20(13-17(2)22(16)15-33-10-8-19(9-11-33)27(36)37)25-31-32-28(38-25)34(14-18-6-7-18)26(35)21-4-3-5-23(30)24(21)29/h3-5,12-13,18-19H,6-11,14-15H2,1-2H3,(H,36,37). The first-order valence-corrected chi connectivity index (χ1v) is 14.1. The Labute approximate surface area is 230 Å². The number of halogens is 2. The second-order valence-electron chi connectivity index (χ2n) is 10.3. The number of aliphatic carboxylic acids is 1. The van der Waals surface area contributed by atoms with Gasteiger partial charge in [-0.2, -0.15) is 0 Å². The number of carbonyl (C=O) groups excluding carboxylic acids is 1. The molecule has 2 fully saturated rings. The third kappa shape index (κ3) is 5.75. The van der Waals surface area contributed by atoms with Crippen LogP contribution in [0.2, 0.25) is 5.02 Å². The summed E-state index contributed by atoms with van der Waals surface area (Å²) >= 11 is 7.47. The fourth-order valence-corrected chi connectivity index (χ4v) is 6.04. The van der Waals surface area contributed by atoms with E-state index in [1.54, 1.807) is 4.90 Å². The minimum Gasteiger partial charge on any atom is -0.481 e. The lowest BCUT2D eigenvalue weighted by Gasteiger charge is -2.31. The summed E-state index contributed by atoms with van der Waals surface area (Å²) in [6, 6.07) is 8.43. The number of piperidine rings is 1. The molecule has 0 bridgehead atoms. The lowest BCUT2D eigenvalue weighted by atomic mass is 9.95. The Hall–Kier alpha value is -2.88. The molecular formula is C28H30ClFN4O3S. The normalized spacial score (nSPS) is 16.5. The Balaban J connectivity index is 1.36. The molecule has 0 spiro atoms. The van der Waals surface area contributed by atoms with Crippen molar-refractivity contribution in [2.24, 2.45) is 11.8 Å². The third-order valence-electron chi connectivity index (χ3n) is 7.47. The van der Waals surface area contributed by atoms with Crippen molar-refractivity contribution in [3.05, 3.63) is 63.4 Å². The SMILES string of the molecule is Cc1cc(-c2nnc(N(CC3CC3)C(=O)c3cccc(F)c3Cl)s2)cc(C)c1CN1CCC(C(=O)O)CC1. The zero-order chi connectivity index (χ0) is 27.0. The maximum absolute atomic E-state index is 14.1. The summed E-state index contributed by atoms with van der Waals surface area (Å²) < 4.78 is 14.1. The predicted molar refractivity (Wildman–Crippen MR) is 146 cm³/mol. The summed E-state index contributed by atoms with van der Waals surface area (Å²) in [5.74, 6) is -1.56. The molecule has 1 amide bonds. The Morgan fingerprint density at radius 3 is 2.45 bits per heavy atom. The summed E-state index contributed by atoms with van der Waals surface area (Å²) in [6.07, 6.45) is 3.44. The maximum atomic E-state index is 14.1. The van der Waals surface area contributed by atoms with E-state index < -0.39 is 11.8 Å². The number of rotatable bonds is 8. The second-order valence-corrected chi connectivity index (χ2v) is 11.7. The Morgan fingerprint density at radius 1 is 1.13 bits per heavy atom. The first kappa shape index (κ1) is 26.7. The van der Waals surface area contributed by atoms with Gasteiger partial charge < -0.3 is 5.11 Å². The van der Waals surface area contributed by atoms with E-state index in [0.29, 0.717) is 35.4 Å². The molecule has 7 nitrogen and oxygen atoms in total. The van der Waals surface area contributed by atoms with Crippen molar-refractivity contribution in [2.75, 3.05) is 24.5 Å². The van der Waals surface area contributed by atoms with Gasteiger partial charge in [-0.25, -0.2) is 4.39 Å². The molecule has 1 aliphatic heterocycles. The van der Waals surface area contributed by atoms with E-state index >= 15 is 0 Å². The van der Waals surface area contributed by atoms with Gasteiger partial charge in [-0.1, -0.05) is 29.0 Å². The van der Waals surface area contributed by atoms with Crippen LogP contribution in [0.3, 0.4) is 0 Å². The molecule has 1 aliphatic carbocycles. The smallest absolute Gasteiger partial charge is 0.306 e. The van der Waals surface area contributed by atoms with Crippen molar-refractivity contribution >= 4 is 39.9 Å². The summed E-state index contributed by atoms with van der Waals surface area (Å²) in [5.41, 5.74) is 4.55. The van der Waals surface area contributed by atoms with Crippen molar-refractivity contribution in [3.8, 4) is 10.6 Å². The Bertz CT molecular complexity index is 1340. The van der Waals surface area contributed by atoms with Crippen LogP contribution in [0, 0.1) is 31.5 Å². The number of benzene rings is 2. The van der Waals surface area contributed by atoms with Gasteiger partial charge in [0.05, 0.1) is 16.5 Å². The van der Waals surface area contributed by atoms with E-state index in [1.165, 1.54) is 35.1 Å². The maximum Gasteiger partial charge on any atom is 0.306 e. The molecule has 0 unspecified atom stereocenters.